The number of phosphoric ester groups is 1. The Hall–Kier alpha value is -4.14. The third-order valence-corrected chi connectivity index (χ3v) is 16.4. The van der Waals surface area contributed by atoms with Crippen LogP contribution in [0.15, 0.2) is 170 Å². The van der Waals surface area contributed by atoms with E-state index in [1.165, 1.54) is 135 Å². The Morgan fingerprint density at radius 3 is 1.03 bits per heavy atom. The first-order valence-electron chi connectivity index (χ1n) is 36.5. The number of quaternary nitrogens is 1. The Balaban J connectivity index is 4.21. The van der Waals surface area contributed by atoms with Gasteiger partial charge in [0.1, 0.15) is 13.2 Å². The summed E-state index contributed by atoms with van der Waals surface area (Å²) in [5.41, 5.74) is 0. The van der Waals surface area contributed by atoms with E-state index in [4.69, 9.17) is 9.05 Å². The number of allylic oxidation sites excluding steroid dienone is 27. The molecular formula is C81H137N2O6P. The number of aliphatic hydroxyl groups is 1. The SMILES string of the molecule is CC/C=C\C/C=C\C/C=C\C/C=C\C/C=C\C/C=C\C/C=C\C/C=C\C/C=C\C/C=C\C/C=C\CCCCCCCCCC(=O)NC(COP(=O)([O-])OCC[N+](C)(C)C)C(O)/C=C/CC/C=C/CC/C=C/CCCCCCCCCCCCCCCCCCC. The molecule has 512 valence electrons. The molecule has 2 N–H and O–H groups in total. The van der Waals surface area contributed by atoms with Crippen molar-refractivity contribution in [1.29, 1.82) is 0 Å². The minimum Gasteiger partial charge on any atom is -0.756 e. The largest absolute Gasteiger partial charge is 0.756 e. The third-order valence-electron chi connectivity index (χ3n) is 15.4. The molecule has 0 aliphatic rings. The van der Waals surface area contributed by atoms with E-state index in [1.807, 2.05) is 27.2 Å². The maximum Gasteiger partial charge on any atom is 0.268 e. The lowest BCUT2D eigenvalue weighted by Crippen LogP contribution is -2.45. The van der Waals surface area contributed by atoms with E-state index in [-0.39, 0.29) is 12.5 Å². The lowest BCUT2D eigenvalue weighted by molar-refractivity contribution is -0.870. The predicted molar refractivity (Wildman–Crippen MR) is 394 cm³/mol. The Morgan fingerprint density at radius 2 is 0.689 bits per heavy atom. The molecule has 0 fully saturated rings. The van der Waals surface area contributed by atoms with Crippen LogP contribution in [-0.2, 0) is 18.4 Å². The number of unbranched alkanes of at least 4 members (excludes halogenated alkanes) is 26. The first-order valence-corrected chi connectivity index (χ1v) is 38.0. The van der Waals surface area contributed by atoms with Gasteiger partial charge < -0.3 is 28.8 Å². The summed E-state index contributed by atoms with van der Waals surface area (Å²) >= 11 is 0. The standard InChI is InChI=1S/C81H137N2O6P/c1-6-8-10-12-14-16-18-20-22-24-26-28-30-32-34-35-36-37-38-39-40-41-42-43-44-45-46-47-49-51-53-55-57-59-61-63-65-67-69-71-73-75-81(85)82-79(78-89-90(86,87)88-77-76-83(3,4)5)80(84)74-72-70-68-66-64-62-60-58-56-54-52-50-48-33-31-29-27-25-23-21-19-17-15-13-11-9-7-2/h8,10,14,16,20,22,26,28,32,34,36-37,39-40,42-43,45-46,49,51,55-58,64,66,72,74,79-80,84H,6-7,9,11-13,15,17-19,21,23-25,27,29-31,33,35,38,41,44,47-48,50,52-54,59-63,65,67-71,73,75-78H2,1-5H3,(H-,82,85,86,87)/b10-8-,16-14-,22-20-,28-26-,34-32-,37-36-,40-39-,43-42-,46-45-,51-49-,57-55-,58-56+,66-64+,74-72+. The summed E-state index contributed by atoms with van der Waals surface area (Å²) in [6.45, 7) is 4.50. The van der Waals surface area contributed by atoms with Crippen molar-refractivity contribution in [3.63, 3.8) is 0 Å². The molecular weight excluding hydrogens is 1130 g/mol. The Morgan fingerprint density at radius 1 is 0.400 bits per heavy atom. The fraction of sp³-hybridized carbons (Fsp3) is 0.642. The number of hydrogen-bond acceptors (Lipinski definition) is 6. The fourth-order valence-electron chi connectivity index (χ4n) is 9.78. The van der Waals surface area contributed by atoms with Crippen molar-refractivity contribution in [2.24, 2.45) is 0 Å². The Kier molecular flexibility index (Phi) is 66.0. The highest BCUT2D eigenvalue weighted by Crippen LogP contribution is 2.38. The number of nitrogens with one attached hydrogen (secondary N) is 1. The molecule has 0 heterocycles. The highest BCUT2D eigenvalue weighted by molar-refractivity contribution is 7.45. The van der Waals surface area contributed by atoms with Crippen LogP contribution in [0.25, 0.3) is 0 Å². The van der Waals surface area contributed by atoms with Gasteiger partial charge in [-0.3, -0.25) is 9.36 Å². The molecule has 0 spiro atoms. The van der Waals surface area contributed by atoms with E-state index < -0.39 is 26.6 Å². The van der Waals surface area contributed by atoms with Crippen LogP contribution in [0.1, 0.15) is 284 Å². The van der Waals surface area contributed by atoms with Crippen LogP contribution < -0.4 is 10.2 Å². The number of nitrogens with zero attached hydrogens (tertiary/aromatic N) is 1. The van der Waals surface area contributed by atoms with E-state index in [1.54, 1.807) is 6.08 Å². The summed E-state index contributed by atoms with van der Waals surface area (Å²) in [7, 11) is 1.21. The maximum atomic E-state index is 13.0. The average Bonchev–Trinajstić information content (AvgIpc) is 3.09. The zero-order valence-electron chi connectivity index (χ0n) is 58.5. The van der Waals surface area contributed by atoms with Gasteiger partial charge in [-0.05, 0) is 128 Å². The van der Waals surface area contributed by atoms with Crippen molar-refractivity contribution in [1.82, 2.24) is 5.32 Å². The summed E-state index contributed by atoms with van der Waals surface area (Å²) < 4.78 is 23.4. The number of carbonyl (C=O) groups excluding carboxylic acids is 1. The van der Waals surface area contributed by atoms with Gasteiger partial charge in [0, 0.05) is 6.42 Å². The van der Waals surface area contributed by atoms with Crippen LogP contribution in [0.3, 0.4) is 0 Å². The first-order chi connectivity index (χ1) is 44.0. The molecule has 0 bridgehead atoms. The zero-order chi connectivity index (χ0) is 65.5. The van der Waals surface area contributed by atoms with Gasteiger partial charge in [0.05, 0.1) is 39.9 Å². The third kappa shape index (κ3) is 71.3. The van der Waals surface area contributed by atoms with Crippen molar-refractivity contribution >= 4 is 13.7 Å². The summed E-state index contributed by atoms with van der Waals surface area (Å²) in [6.07, 6.45) is 109. The smallest absolute Gasteiger partial charge is 0.268 e. The topological polar surface area (TPSA) is 108 Å². The summed E-state index contributed by atoms with van der Waals surface area (Å²) in [4.78, 5) is 25.6. The maximum absolute atomic E-state index is 13.0. The van der Waals surface area contributed by atoms with E-state index in [2.05, 4.69) is 177 Å². The molecule has 8 nitrogen and oxygen atoms in total. The van der Waals surface area contributed by atoms with E-state index in [9.17, 15) is 19.4 Å². The average molecular weight is 1270 g/mol. The first kappa shape index (κ1) is 85.9. The number of carbonyl (C=O) groups is 1. The van der Waals surface area contributed by atoms with Gasteiger partial charge in [-0.25, -0.2) is 0 Å². The molecule has 3 unspecified atom stereocenters. The molecule has 90 heavy (non-hydrogen) atoms. The number of phosphoric acid groups is 1. The molecule has 0 aliphatic carbocycles. The normalized spacial score (nSPS) is 14.6. The summed E-state index contributed by atoms with van der Waals surface area (Å²) in [6, 6.07) is -0.931. The molecule has 0 aromatic heterocycles. The highest BCUT2D eigenvalue weighted by Gasteiger charge is 2.23. The van der Waals surface area contributed by atoms with E-state index in [0.717, 1.165) is 128 Å². The van der Waals surface area contributed by atoms with Gasteiger partial charge in [0.2, 0.25) is 5.91 Å². The van der Waals surface area contributed by atoms with Crippen LogP contribution in [0.4, 0.5) is 0 Å². The summed E-state index contributed by atoms with van der Waals surface area (Å²) in [5.74, 6) is -0.228. The molecule has 0 aliphatic heterocycles. The van der Waals surface area contributed by atoms with E-state index >= 15 is 0 Å². The number of aliphatic hydroxyl groups excluding tert-OH is 1. The second kappa shape index (κ2) is 69.2. The van der Waals surface area contributed by atoms with Crippen LogP contribution >= 0.6 is 7.82 Å². The summed E-state index contributed by atoms with van der Waals surface area (Å²) in [5, 5.41) is 13.9. The Labute approximate surface area is 555 Å². The predicted octanol–water partition coefficient (Wildman–Crippen LogP) is 23.3. The van der Waals surface area contributed by atoms with Crippen molar-refractivity contribution < 1.29 is 32.9 Å². The molecule has 0 saturated heterocycles. The molecule has 1 amide bonds. The lowest BCUT2D eigenvalue weighted by Gasteiger charge is -2.29. The number of hydrogen-bond donors (Lipinski definition) is 2. The van der Waals surface area contributed by atoms with Crippen molar-refractivity contribution in [3.8, 4) is 0 Å². The van der Waals surface area contributed by atoms with Crippen LogP contribution in [-0.4, -0.2) is 68.5 Å². The van der Waals surface area contributed by atoms with Crippen LogP contribution in [0.2, 0.25) is 0 Å². The molecule has 0 aromatic rings. The van der Waals surface area contributed by atoms with Crippen molar-refractivity contribution in [2.45, 2.75) is 296 Å². The molecule has 0 aromatic carbocycles. The van der Waals surface area contributed by atoms with Crippen molar-refractivity contribution in [2.75, 3.05) is 40.9 Å². The van der Waals surface area contributed by atoms with E-state index in [0.29, 0.717) is 17.4 Å². The van der Waals surface area contributed by atoms with Gasteiger partial charge in [0.25, 0.3) is 7.82 Å². The molecule has 0 rings (SSSR count). The van der Waals surface area contributed by atoms with Crippen molar-refractivity contribution in [3.05, 3.63) is 170 Å². The minimum atomic E-state index is -4.63. The number of likely N-dealkylation sites (N-methyl/N-ethyl adjacent to an activating group) is 1. The van der Waals surface area contributed by atoms with Gasteiger partial charge in [-0.15, -0.1) is 0 Å². The second-order valence-corrected chi connectivity index (χ2v) is 26.6. The molecule has 0 saturated carbocycles. The van der Waals surface area contributed by atoms with Gasteiger partial charge in [0.15, 0.2) is 0 Å². The molecule has 9 heteroatoms. The second-order valence-electron chi connectivity index (χ2n) is 25.2. The fourth-order valence-corrected chi connectivity index (χ4v) is 10.5. The van der Waals surface area contributed by atoms with Gasteiger partial charge in [-0.1, -0.05) is 319 Å². The number of amides is 1. The van der Waals surface area contributed by atoms with Crippen LogP contribution in [0.5, 0.6) is 0 Å². The quantitative estimate of drug-likeness (QED) is 0.0272. The molecule has 0 radical (unpaired) electrons. The minimum absolute atomic E-state index is 0.0199. The van der Waals surface area contributed by atoms with Gasteiger partial charge >= 0.3 is 0 Å². The monoisotopic (exact) mass is 1270 g/mol. The highest BCUT2D eigenvalue weighted by atomic mass is 31.2. The lowest BCUT2D eigenvalue weighted by atomic mass is 10.0. The van der Waals surface area contributed by atoms with Gasteiger partial charge in [-0.2, -0.15) is 0 Å². The zero-order valence-corrected chi connectivity index (χ0v) is 59.4. The molecule has 3 atom stereocenters. The van der Waals surface area contributed by atoms with Crippen LogP contribution in [0, 0.1) is 0 Å². The Bertz CT molecular complexity index is 2080. The number of rotatable bonds is 65.